The second-order valence-corrected chi connectivity index (χ2v) is 7.19. The minimum atomic E-state index is 0.680. The van der Waals surface area contributed by atoms with Gasteiger partial charge < -0.3 is 10.2 Å². The highest BCUT2D eigenvalue weighted by atomic mass is 15.0. The number of hydrogen-bond acceptors (Lipinski definition) is 3. The van der Waals surface area contributed by atoms with E-state index in [1.54, 1.807) is 13.1 Å². The van der Waals surface area contributed by atoms with Crippen molar-refractivity contribution in [3.8, 4) is 0 Å². The van der Waals surface area contributed by atoms with E-state index in [4.69, 9.17) is 4.99 Å². The SMILES string of the molecule is C=C/C(=C\N(C)C)c1cccc(C(C)=N/C(C)=C(\C=C)C(=C)NC(=NC)C(=C)C)c1. The van der Waals surface area contributed by atoms with Crippen molar-refractivity contribution in [1.29, 1.82) is 0 Å². The zero-order valence-electron chi connectivity index (χ0n) is 19.2. The number of amidine groups is 1. The first-order valence-electron chi connectivity index (χ1n) is 9.73. The van der Waals surface area contributed by atoms with Crippen molar-refractivity contribution in [2.45, 2.75) is 20.8 Å². The highest BCUT2D eigenvalue weighted by molar-refractivity contribution is 6.00. The Balaban J connectivity index is 3.30. The summed E-state index contributed by atoms with van der Waals surface area (Å²) in [5, 5.41) is 3.20. The molecule has 1 N–H and O–H groups in total. The maximum absolute atomic E-state index is 4.81. The number of nitrogens with one attached hydrogen (secondary N) is 1. The first-order chi connectivity index (χ1) is 14.1. The lowest BCUT2D eigenvalue weighted by atomic mass is 10.0. The Morgan fingerprint density at radius 1 is 1.03 bits per heavy atom. The number of benzene rings is 1. The quantitative estimate of drug-likeness (QED) is 0.324. The van der Waals surface area contributed by atoms with Crippen LogP contribution >= 0.6 is 0 Å². The number of allylic oxidation sites excluding steroid dienone is 4. The summed E-state index contributed by atoms with van der Waals surface area (Å²) in [6.07, 6.45) is 5.65. The molecule has 158 valence electrons. The first-order valence-corrected chi connectivity index (χ1v) is 9.73. The zero-order valence-corrected chi connectivity index (χ0v) is 19.2. The van der Waals surface area contributed by atoms with E-state index in [9.17, 15) is 0 Å². The van der Waals surface area contributed by atoms with Gasteiger partial charge in [0, 0.05) is 50.0 Å². The summed E-state index contributed by atoms with van der Waals surface area (Å²) < 4.78 is 0. The topological polar surface area (TPSA) is 40.0 Å². The fraction of sp³-hybridized carbons (Fsp3) is 0.231. The van der Waals surface area contributed by atoms with Crippen LogP contribution in [0.5, 0.6) is 0 Å². The maximum atomic E-state index is 4.81. The second-order valence-electron chi connectivity index (χ2n) is 7.19. The molecule has 1 aromatic rings. The molecule has 0 bridgehead atoms. The smallest absolute Gasteiger partial charge is 0.127 e. The van der Waals surface area contributed by atoms with Crippen molar-refractivity contribution in [1.82, 2.24) is 10.2 Å². The van der Waals surface area contributed by atoms with Gasteiger partial charge in [-0.15, -0.1) is 0 Å². The van der Waals surface area contributed by atoms with Crippen LogP contribution in [0.1, 0.15) is 31.9 Å². The predicted molar refractivity (Wildman–Crippen MR) is 134 cm³/mol. The largest absolute Gasteiger partial charge is 0.383 e. The van der Waals surface area contributed by atoms with E-state index in [0.29, 0.717) is 11.5 Å². The third-order valence-corrected chi connectivity index (χ3v) is 4.38. The highest BCUT2D eigenvalue weighted by Crippen LogP contribution is 2.20. The standard InChI is InChI=1S/C26H34N4/c1-11-22(17-30(9)10)24-15-13-14-23(16-24)19(5)28-20(6)25(12-2)21(7)29-26(27-8)18(3)4/h11-17H,1-3,7H2,4-6,8-10H3,(H,27,29)/b22-17+,25-20+,28-19?. The third kappa shape index (κ3) is 6.89. The molecular formula is C26H34N4. The Morgan fingerprint density at radius 3 is 2.17 bits per heavy atom. The minimum absolute atomic E-state index is 0.680. The molecule has 0 aromatic heterocycles. The average Bonchev–Trinajstić information content (AvgIpc) is 2.70. The fourth-order valence-corrected chi connectivity index (χ4v) is 2.88. The first kappa shape index (κ1) is 24.6. The molecule has 30 heavy (non-hydrogen) atoms. The summed E-state index contributed by atoms with van der Waals surface area (Å²) in [7, 11) is 5.70. The Hall–Kier alpha value is -3.40. The Labute approximate surface area is 182 Å². The van der Waals surface area contributed by atoms with Gasteiger partial charge in [0.05, 0.1) is 0 Å². The normalized spacial score (nSPS) is 13.3. The molecule has 0 amide bonds. The van der Waals surface area contributed by atoms with E-state index in [1.165, 1.54) is 0 Å². The van der Waals surface area contributed by atoms with Crippen LogP contribution in [0.25, 0.3) is 5.57 Å². The van der Waals surface area contributed by atoms with E-state index in [2.05, 4.69) is 54.8 Å². The molecule has 4 heteroatoms. The van der Waals surface area contributed by atoms with Crippen LogP contribution < -0.4 is 5.32 Å². The van der Waals surface area contributed by atoms with Gasteiger partial charge in [0.15, 0.2) is 0 Å². The number of rotatable bonds is 9. The van der Waals surface area contributed by atoms with Gasteiger partial charge in [-0.1, -0.05) is 56.7 Å². The van der Waals surface area contributed by atoms with Crippen LogP contribution in [-0.2, 0) is 0 Å². The molecule has 0 aliphatic rings. The Bertz CT molecular complexity index is 953. The minimum Gasteiger partial charge on any atom is -0.383 e. The molecule has 0 heterocycles. The predicted octanol–water partition coefficient (Wildman–Crippen LogP) is 5.75. The van der Waals surface area contributed by atoms with Gasteiger partial charge >= 0.3 is 0 Å². The van der Waals surface area contributed by atoms with Crippen LogP contribution in [-0.4, -0.2) is 37.6 Å². The third-order valence-electron chi connectivity index (χ3n) is 4.38. The molecule has 0 unspecified atom stereocenters. The van der Waals surface area contributed by atoms with Crippen molar-refractivity contribution >= 4 is 17.1 Å². The second kappa shape index (κ2) is 11.6. The molecule has 0 aliphatic carbocycles. The molecule has 0 radical (unpaired) electrons. The monoisotopic (exact) mass is 402 g/mol. The number of nitrogens with zero attached hydrogens (tertiary/aromatic N) is 3. The van der Waals surface area contributed by atoms with Gasteiger partial charge in [-0.3, -0.25) is 9.98 Å². The Kier molecular flexibility index (Phi) is 9.50. The van der Waals surface area contributed by atoms with Crippen molar-refractivity contribution in [3.63, 3.8) is 0 Å². The van der Waals surface area contributed by atoms with Gasteiger partial charge in [0.25, 0.3) is 0 Å². The summed E-state index contributed by atoms with van der Waals surface area (Å²) >= 11 is 0. The van der Waals surface area contributed by atoms with Crippen LogP contribution in [0.2, 0.25) is 0 Å². The van der Waals surface area contributed by atoms with Crippen LogP contribution in [0.15, 0.2) is 101 Å². The molecule has 0 saturated carbocycles. The maximum Gasteiger partial charge on any atom is 0.127 e. The van der Waals surface area contributed by atoms with E-state index < -0.39 is 0 Å². The lowest BCUT2D eigenvalue weighted by Crippen LogP contribution is -2.24. The van der Waals surface area contributed by atoms with Crippen molar-refractivity contribution in [2.75, 3.05) is 21.1 Å². The van der Waals surface area contributed by atoms with Crippen LogP contribution in [0.4, 0.5) is 0 Å². The molecule has 0 saturated heterocycles. The van der Waals surface area contributed by atoms with Crippen LogP contribution in [0, 0.1) is 0 Å². The summed E-state index contributed by atoms with van der Waals surface area (Å²) in [6, 6.07) is 8.27. The van der Waals surface area contributed by atoms with Gasteiger partial charge in [0.2, 0.25) is 0 Å². The highest BCUT2D eigenvalue weighted by Gasteiger charge is 2.08. The molecule has 0 atom stereocenters. The Morgan fingerprint density at radius 2 is 1.67 bits per heavy atom. The molecule has 1 rings (SSSR count). The number of aliphatic imine (C=N–C) groups is 2. The van der Waals surface area contributed by atoms with Crippen molar-refractivity contribution in [3.05, 3.63) is 103 Å². The van der Waals surface area contributed by atoms with Gasteiger partial charge in [-0.25, -0.2) is 0 Å². The lowest BCUT2D eigenvalue weighted by molar-refractivity contribution is 0.566. The van der Waals surface area contributed by atoms with E-state index in [-0.39, 0.29) is 0 Å². The van der Waals surface area contributed by atoms with Crippen molar-refractivity contribution < 1.29 is 0 Å². The molecular weight excluding hydrogens is 368 g/mol. The lowest BCUT2D eigenvalue weighted by Gasteiger charge is -2.14. The molecule has 0 spiro atoms. The summed E-state index contributed by atoms with van der Waals surface area (Å²) in [6.45, 7) is 21.7. The van der Waals surface area contributed by atoms with Crippen molar-refractivity contribution in [2.24, 2.45) is 9.98 Å². The van der Waals surface area contributed by atoms with Gasteiger partial charge in [-0.2, -0.15) is 0 Å². The van der Waals surface area contributed by atoms with E-state index >= 15 is 0 Å². The number of hydrogen-bond donors (Lipinski definition) is 1. The van der Waals surface area contributed by atoms with E-state index in [0.717, 1.165) is 39.3 Å². The van der Waals surface area contributed by atoms with E-state index in [1.807, 2.05) is 58.1 Å². The van der Waals surface area contributed by atoms with Crippen LogP contribution in [0.3, 0.4) is 0 Å². The zero-order chi connectivity index (χ0) is 22.8. The molecule has 0 fully saturated rings. The summed E-state index contributed by atoms with van der Waals surface area (Å²) in [5.74, 6) is 0.685. The molecule has 0 aliphatic heterocycles. The summed E-state index contributed by atoms with van der Waals surface area (Å²) in [4.78, 5) is 11.0. The average molecular weight is 403 g/mol. The molecule has 1 aromatic carbocycles. The summed E-state index contributed by atoms with van der Waals surface area (Å²) in [5.41, 5.74) is 7.24. The molecule has 4 nitrogen and oxygen atoms in total. The fourth-order valence-electron chi connectivity index (χ4n) is 2.88. The van der Waals surface area contributed by atoms with Gasteiger partial charge in [-0.05, 0) is 49.1 Å². The van der Waals surface area contributed by atoms with Gasteiger partial charge in [0.1, 0.15) is 5.84 Å².